The fraction of sp³-hybridized carbons (Fsp3) is 0.909. The molecule has 29 heavy (non-hydrogen) atoms. The van der Waals surface area contributed by atoms with E-state index in [4.69, 9.17) is 0 Å². The van der Waals surface area contributed by atoms with Gasteiger partial charge in [0.15, 0.2) is 5.96 Å². The Labute approximate surface area is 193 Å². The molecule has 2 bridgehead atoms. The van der Waals surface area contributed by atoms with Crippen LogP contribution in [0.3, 0.4) is 0 Å². The molecule has 7 heteroatoms. The molecule has 166 valence electrons. The number of nitrogens with zero attached hydrogens (tertiary/aromatic N) is 4. The topological polar surface area (TPSA) is 51.2 Å². The number of nitrogens with one attached hydrogen (secondary N) is 1. The first-order valence-corrected chi connectivity index (χ1v) is 11.6. The van der Waals surface area contributed by atoms with Crippen LogP contribution in [0.1, 0.15) is 51.9 Å². The van der Waals surface area contributed by atoms with Crippen LogP contribution >= 0.6 is 24.0 Å². The summed E-state index contributed by atoms with van der Waals surface area (Å²) in [5.41, 5.74) is 0. The number of aliphatic imine (C=N–C) groups is 1. The van der Waals surface area contributed by atoms with Gasteiger partial charge in [0, 0.05) is 52.9 Å². The molecule has 1 amide bonds. The van der Waals surface area contributed by atoms with E-state index in [2.05, 4.69) is 27.0 Å². The first kappa shape index (κ1) is 23.1. The average molecular weight is 518 g/mol. The van der Waals surface area contributed by atoms with Gasteiger partial charge in [0.2, 0.25) is 5.91 Å². The molecule has 0 aromatic heterocycles. The molecule has 0 aromatic carbocycles. The van der Waals surface area contributed by atoms with Crippen LogP contribution in [-0.4, -0.2) is 85.5 Å². The molecule has 1 N–H and O–H groups in total. The first-order chi connectivity index (χ1) is 13.7. The summed E-state index contributed by atoms with van der Waals surface area (Å²) in [5.74, 6) is 4.35. The minimum Gasteiger partial charge on any atom is -0.356 e. The highest BCUT2D eigenvalue weighted by molar-refractivity contribution is 14.0. The monoisotopic (exact) mass is 517 g/mol. The SMILES string of the molecule is CN=C(NCCC1CC2CCC1C2)N1CCN(C(C)C(=O)N2CCCC2)CC1.I. The van der Waals surface area contributed by atoms with Crippen molar-refractivity contribution in [3.05, 3.63) is 0 Å². The summed E-state index contributed by atoms with van der Waals surface area (Å²) in [6, 6.07) is 0.00742. The summed E-state index contributed by atoms with van der Waals surface area (Å²) >= 11 is 0. The Morgan fingerprint density at radius 1 is 1.03 bits per heavy atom. The van der Waals surface area contributed by atoms with Crippen LogP contribution in [0.25, 0.3) is 0 Å². The van der Waals surface area contributed by atoms with E-state index < -0.39 is 0 Å². The second-order valence-electron chi connectivity index (χ2n) is 9.43. The highest BCUT2D eigenvalue weighted by Gasteiger charge is 2.39. The Morgan fingerprint density at radius 2 is 1.76 bits per heavy atom. The number of hydrogen-bond acceptors (Lipinski definition) is 3. The van der Waals surface area contributed by atoms with E-state index in [1.807, 2.05) is 11.9 Å². The highest BCUT2D eigenvalue weighted by atomic mass is 127. The van der Waals surface area contributed by atoms with Gasteiger partial charge in [-0.15, -0.1) is 24.0 Å². The molecule has 4 rings (SSSR count). The van der Waals surface area contributed by atoms with Crippen LogP contribution < -0.4 is 5.32 Å². The second-order valence-corrected chi connectivity index (χ2v) is 9.43. The third-order valence-corrected chi connectivity index (χ3v) is 7.83. The van der Waals surface area contributed by atoms with Crippen molar-refractivity contribution in [3.8, 4) is 0 Å². The molecule has 6 nitrogen and oxygen atoms in total. The number of halogens is 1. The molecule has 0 aromatic rings. The predicted molar refractivity (Wildman–Crippen MR) is 129 cm³/mol. The molecule has 4 unspecified atom stereocenters. The smallest absolute Gasteiger partial charge is 0.239 e. The molecule has 4 fully saturated rings. The number of guanidine groups is 1. The Bertz CT molecular complexity index is 572. The lowest BCUT2D eigenvalue weighted by Gasteiger charge is -2.39. The molecular weight excluding hydrogens is 477 g/mol. The zero-order valence-electron chi connectivity index (χ0n) is 18.3. The van der Waals surface area contributed by atoms with E-state index in [9.17, 15) is 4.79 Å². The second kappa shape index (κ2) is 10.6. The molecule has 0 radical (unpaired) electrons. The van der Waals surface area contributed by atoms with Gasteiger partial charge in [-0.25, -0.2) is 0 Å². The lowest BCUT2D eigenvalue weighted by Crippen LogP contribution is -2.57. The molecule has 4 aliphatic rings. The average Bonchev–Trinajstić information content (AvgIpc) is 3.49. The Balaban J connectivity index is 0.00000240. The third kappa shape index (κ3) is 5.38. The van der Waals surface area contributed by atoms with E-state index in [0.717, 1.165) is 82.4 Å². The van der Waals surface area contributed by atoms with Crippen molar-refractivity contribution in [2.24, 2.45) is 22.7 Å². The maximum Gasteiger partial charge on any atom is 0.239 e. The number of carbonyl (C=O) groups excluding carboxylic acids is 1. The lowest BCUT2D eigenvalue weighted by molar-refractivity contribution is -0.135. The number of likely N-dealkylation sites (tertiary alicyclic amines) is 1. The maximum absolute atomic E-state index is 12.7. The molecule has 2 saturated carbocycles. The minimum absolute atomic E-state index is 0. The van der Waals surface area contributed by atoms with Crippen molar-refractivity contribution in [3.63, 3.8) is 0 Å². The quantitative estimate of drug-likeness (QED) is 0.346. The van der Waals surface area contributed by atoms with Gasteiger partial charge >= 0.3 is 0 Å². The third-order valence-electron chi connectivity index (χ3n) is 7.83. The van der Waals surface area contributed by atoms with Crippen LogP contribution in [0.2, 0.25) is 0 Å². The normalized spacial score (nSPS) is 31.1. The number of rotatable bonds is 5. The van der Waals surface area contributed by atoms with E-state index in [-0.39, 0.29) is 30.0 Å². The lowest BCUT2D eigenvalue weighted by atomic mass is 9.86. The number of piperazine rings is 1. The molecule has 4 atom stereocenters. The van der Waals surface area contributed by atoms with Crippen LogP contribution in [0, 0.1) is 17.8 Å². The van der Waals surface area contributed by atoms with Gasteiger partial charge in [-0.2, -0.15) is 0 Å². The summed E-state index contributed by atoms with van der Waals surface area (Å²) in [4.78, 5) is 24.0. The Morgan fingerprint density at radius 3 is 2.34 bits per heavy atom. The summed E-state index contributed by atoms with van der Waals surface area (Å²) < 4.78 is 0. The summed E-state index contributed by atoms with van der Waals surface area (Å²) in [6.07, 6.45) is 9.54. The zero-order valence-corrected chi connectivity index (χ0v) is 20.6. The Hall–Kier alpha value is -0.570. The van der Waals surface area contributed by atoms with Crippen LogP contribution in [0.4, 0.5) is 0 Å². The van der Waals surface area contributed by atoms with Crippen molar-refractivity contribution < 1.29 is 4.79 Å². The van der Waals surface area contributed by atoms with Crippen molar-refractivity contribution >= 4 is 35.8 Å². The standard InChI is InChI=1S/C22H39N5O.HI/c1-17(21(28)26-9-3-4-10-26)25-11-13-27(14-12-25)22(23-2)24-8-7-20-16-18-5-6-19(20)15-18;/h17-20H,3-16H2,1-2H3,(H,23,24);1H. The number of carbonyl (C=O) groups is 1. The van der Waals surface area contributed by atoms with Gasteiger partial charge in [0.1, 0.15) is 0 Å². The predicted octanol–water partition coefficient (Wildman–Crippen LogP) is 2.63. The van der Waals surface area contributed by atoms with E-state index in [0.29, 0.717) is 5.91 Å². The van der Waals surface area contributed by atoms with Gasteiger partial charge in [0.05, 0.1) is 6.04 Å². The summed E-state index contributed by atoms with van der Waals surface area (Å²) in [5, 5.41) is 3.62. The molecule has 2 heterocycles. The van der Waals surface area contributed by atoms with Gasteiger partial charge in [0.25, 0.3) is 0 Å². The molecule has 0 spiro atoms. The highest BCUT2D eigenvalue weighted by Crippen LogP contribution is 2.49. The molecule has 2 saturated heterocycles. The van der Waals surface area contributed by atoms with Gasteiger partial charge in [-0.3, -0.25) is 14.7 Å². The van der Waals surface area contributed by atoms with Crippen molar-refractivity contribution in [2.75, 3.05) is 52.9 Å². The first-order valence-electron chi connectivity index (χ1n) is 11.6. The maximum atomic E-state index is 12.7. The number of fused-ring (bicyclic) bond motifs is 2. The molecular formula is C22H40IN5O. The van der Waals surface area contributed by atoms with Crippen molar-refractivity contribution in [1.29, 1.82) is 0 Å². The van der Waals surface area contributed by atoms with Gasteiger partial charge in [-0.05, 0) is 63.2 Å². The number of amides is 1. The van der Waals surface area contributed by atoms with Crippen LogP contribution in [0.5, 0.6) is 0 Å². The van der Waals surface area contributed by atoms with E-state index in [1.165, 1.54) is 32.1 Å². The van der Waals surface area contributed by atoms with Gasteiger partial charge in [-0.1, -0.05) is 6.42 Å². The molecule has 2 aliphatic carbocycles. The van der Waals surface area contributed by atoms with Gasteiger partial charge < -0.3 is 15.1 Å². The van der Waals surface area contributed by atoms with E-state index >= 15 is 0 Å². The van der Waals surface area contributed by atoms with Crippen molar-refractivity contribution in [1.82, 2.24) is 20.0 Å². The fourth-order valence-electron chi connectivity index (χ4n) is 6.11. The van der Waals surface area contributed by atoms with Crippen LogP contribution in [-0.2, 0) is 4.79 Å². The van der Waals surface area contributed by atoms with E-state index in [1.54, 1.807) is 0 Å². The summed E-state index contributed by atoms with van der Waals surface area (Å²) in [6.45, 7) is 8.80. The largest absolute Gasteiger partial charge is 0.356 e. The number of hydrogen-bond donors (Lipinski definition) is 1. The molecule has 2 aliphatic heterocycles. The van der Waals surface area contributed by atoms with Crippen molar-refractivity contribution in [2.45, 2.75) is 57.9 Å². The van der Waals surface area contributed by atoms with Crippen LogP contribution in [0.15, 0.2) is 4.99 Å². The fourth-order valence-corrected chi connectivity index (χ4v) is 6.11. The summed E-state index contributed by atoms with van der Waals surface area (Å²) in [7, 11) is 1.89. The Kier molecular flexibility index (Phi) is 8.48. The zero-order chi connectivity index (χ0) is 19.5. The minimum atomic E-state index is 0.